The highest BCUT2D eigenvalue weighted by Crippen LogP contribution is 2.43. The average Bonchev–Trinajstić information content (AvgIpc) is 2.56. The Hall–Kier alpha value is -1.09. The maximum Gasteiger partial charge on any atom is 0.0389 e. The van der Waals surface area contributed by atoms with Gasteiger partial charge in [0.05, 0.1) is 0 Å². The van der Waals surface area contributed by atoms with E-state index in [1.54, 1.807) is 0 Å². The van der Waals surface area contributed by atoms with Gasteiger partial charge in [-0.2, -0.15) is 12.6 Å². The van der Waals surface area contributed by atoms with Crippen molar-refractivity contribution in [3.8, 4) is 0 Å². The van der Waals surface area contributed by atoms with Gasteiger partial charge in [0, 0.05) is 22.9 Å². The number of hydrogen-bond acceptors (Lipinski definition) is 3. The van der Waals surface area contributed by atoms with E-state index in [2.05, 4.69) is 51.4 Å². The molecule has 0 bridgehead atoms. The van der Waals surface area contributed by atoms with Crippen LogP contribution < -0.4 is 0 Å². The number of unbranched alkanes of at least 4 members (excludes halogenated alkanes) is 1. The van der Waals surface area contributed by atoms with E-state index in [1.165, 1.54) is 30.2 Å². The van der Waals surface area contributed by atoms with E-state index < -0.39 is 0 Å². The van der Waals surface area contributed by atoms with E-state index in [1.807, 2.05) is 6.08 Å². The van der Waals surface area contributed by atoms with Crippen LogP contribution in [0.5, 0.6) is 0 Å². The van der Waals surface area contributed by atoms with Crippen molar-refractivity contribution in [3.63, 3.8) is 0 Å². The van der Waals surface area contributed by atoms with Gasteiger partial charge < -0.3 is 5.41 Å². The fourth-order valence-corrected chi connectivity index (χ4v) is 4.17. The molecule has 25 heavy (non-hydrogen) atoms. The number of aliphatic imine (C=N–C) groups is 1. The summed E-state index contributed by atoms with van der Waals surface area (Å²) >= 11 is 4.92. The van der Waals surface area contributed by atoms with Crippen LogP contribution in [0, 0.1) is 16.7 Å². The SMILES string of the molecule is C=CCCC(CCCC=N)CC1(C)C=C(/C(C)=N\CC)C(C)=CC1S. The van der Waals surface area contributed by atoms with Crippen LogP contribution in [0.3, 0.4) is 0 Å². The maximum atomic E-state index is 7.26. The number of allylic oxidation sites excluding steroid dienone is 4. The van der Waals surface area contributed by atoms with Crippen molar-refractivity contribution in [2.45, 2.75) is 71.5 Å². The molecule has 1 aliphatic carbocycles. The second kappa shape index (κ2) is 10.8. The lowest BCUT2D eigenvalue weighted by atomic mass is 9.70. The molecule has 140 valence electrons. The Morgan fingerprint density at radius 1 is 1.44 bits per heavy atom. The smallest absolute Gasteiger partial charge is 0.0389 e. The molecule has 1 N–H and O–H groups in total. The van der Waals surface area contributed by atoms with Crippen molar-refractivity contribution < 1.29 is 0 Å². The second-order valence-electron chi connectivity index (χ2n) is 7.49. The zero-order valence-corrected chi connectivity index (χ0v) is 17.4. The van der Waals surface area contributed by atoms with Gasteiger partial charge in [-0.1, -0.05) is 31.6 Å². The van der Waals surface area contributed by atoms with Crippen molar-refractivity contribution in [2.75, 3.05) is 6.54 Å². The fraction of sp³-hybridized carbons (Fsp3) is 0.636. The first kappa shape index (κ1) is 22.0. The Morgan fingerprint density at radius 2 is 2.16 bits per heavy atom. The summed E-state index contributed by atoms with van der Waals surface area (Å²) in [7, 11) is 0. The van der Waals surface area contributed by atoms with Crippen LogP contribution >= 0.6 is 12.6 Å². The summed E-state index contributed by atoms with van der Waals surface area (Å²) < 4.78 is 0. The summed E-state index contributed by atoms with van der Waals surface area (Å²) in [5.74, 6) is 0.644. The van der Waals surface area contributed by atoms with Crippen LogP contribution in [0.4, 0.5) is 0 Å². The van der Waals surface area contributed by atoms with Gasteiger partial charge in [0.1, 0.15) is 0 Å². The zero-order valence-electron chi connectivity index (χ0n) is 16.5. The quantitative estimate of drug-likeness (QED) is 0.184. The van der Waals surface area contributed by atoms with E-state index >= 15 is 0 Å². The second-order valence-corrected chi connectivity index (χ2v) is 8.05. The molecule has 0 spiro atoms. The van der Waals surface area contributed by atoms with E-state index in [9.17, 15) is 0 Å². The fourth-order valence-electron chi connectivity index (χ4n) is 3.77. The Balaban J connectivity index is 3.01. The summed E-state index contributed by atoms with van der Waals surface area (Å²) in [6.07, 6.45) is 14.8. The molecular formula is C22H36N2S. The minimum absolute atomic E-state index is 0.0407. The molecule has 3 unspecified atom stereocenters. The molecule has 2 nitrogen and oxygen atoms in total. The van der Waals surface area contributed by atoms with Gasteiger partial charge in [0.25, 0.3) is 0 Å². The molecule has 0 radical (unpaired) electrons. The summed E-state index contributed by atoms with van der Waals surface area (Å²) in [5.41, 5.74) is 3.75. The van der Waals surface area contributed by atoms with Crippen molar-refractivity contribution in [2.24, 2.45) is 16.3 Å². The lowest BCUT2D eigenvalue weighted by Crippen LogP contribution is -2.32. The van der Waals surface area contributed by atoms with Crippen LogP contribution in [0.1, 0.15) is 66.2 Å². The number of nitrogens with zero attached hydrogens (tertiary/aromatic N) is 1. The first-order valence-electron chi connectivity index (χ1n) is 9.58. The van der Waals surface area contributed by atoms with E-state index in [0.29, 0.717) is 5.92 Å². The molecule has 0 saturated heterocycles. The van der Waals surface area contributed by atoms with Gasteiger partial charge >= 0.3 is 0 Å². The van der Waals surface area contributed by atoms with Crippen LogP contribution in [-0.2, 0) is 0 Å². The van der Waals surface area contributed by atoms with E-state index in [4.69, 9.17) is 18.0 Å². The highest BCUT2D eigenvalue weighted by molar-refractivity contribution is 7.81. The van der Waals surface area contributed by atoms with E-state index in [-0.39, 0.29) is 10.7 Å². The lowest BCUT2D eigenvalue weighted by molar-refractivity contribution is 0.284. The third-order valence-corrected chi connectivity index (χ3v) is 5.97. The Bertz CT molecular complexity index is 538. The Labute approximate surface area is 160 Å². The normalized spacial score (nSPS) is 25.2. The number of rotatable bonds is 11. The van der Waals surface area contributed by atoms with Gasteiger partial charge in [-0.15, -0.1) is 6.58 Å². The molecule has 3 heteroatoms. The molecule has 0 heterocycles. The van der Waals surface area contributed by atoms with Crippen molar-refractivity contribution in [1.29, 1.82) is 5.41 Å². The van der Waals surface area contributed by atoms with Crippen molar-refractivity contribution in [3.05, 3.63) is 36.0 Å². The lowest BCUT2D eigenvalue weighted by Gasteiger charge is -2.38. The predicted molar refractivity (Wildman–Crippen MR) is 117 cm³/mol. The Morgan fingerprint density at radius 3 is 2.76 bits per heavy atom. The summed E-state index contributed by atoms with van der Waals surface area (Å²) in [4.78, 5) is 4.62. The van der Waals surface area contributed by atoms with Gasteiger partial charge in [-0.25, -0.2) is 0 Å². The molecule has 0 saturated carbocycles. The molecular weight excluding hydrogens is 324 g/mol. The highest BCUT2D eigenvalue weighted by atomic mass is 32.1. The monoisotopic (exact) mass is 360 g/mol. The minimum atomic E-state index is 0.0407. The van der Waals surface area contributed by atoms with Gasteiger partial charge in [0.2, 0.25) is 0 Å². The van der Waals surface area contributed by atoms with Crippen LogP contribution in [0.25, 0.3) is 0 Å². The van der Waals surface area contributed by atoms with Gasteiger partial charge in [-0.05, 0) is 76.2 Å². The largest absolute Gasteiger partial charge is 0.313 e. The first-order chi connectivity index (χ1) is 11.9. The number of nitrogens with one attached hydrogen (secondary N) is 1. The third kappa shape index (κ3) is 6.62. The highest BCUT2D eigenvalue weighted by Gasteiger charge is 2.35. The molecule has 1 rings (SSSR count). The molecule has 0 aliphatic heterocycles. The molecule has 0 aromatic heterocycles. The van der Waals surface area contributed by atoms with Crippen molar-refractivity contribution in [1.82, 2.24) is 0 Å². The van der Waals surface area contributed by atoms with Gasteiger partial charge in [-0.3, -0.25) is 4.99 Å². The third-order valence-electron chi connectivity index (χ3n) is 5.24. The van der Waals surface area contributed by atoms with Crippen LogP contribution in [-0.4, -0.2) is 23.7 Å². The summed E-state index contributed by atoms with van der Waals surface area (Å²) in [5, 5.41) is 7.50. The standard InChI is InChI=1S/C22H36N2S/c1-6-8-11-19(12-9-10-13-23)15-22(5)16-20(18(4)24-7-2)17(3)14-21(22)25/h6,13-14,16,19,21,23,25H,1,7-12,15H2,2-5H3/b23-13?,24-18-. The van der Waals surface area contributed by atoms with Crippen LogP contribution in [0.15, 0.2) is 40.9 Å². The first-order valence-corrected chi connectivity index (χ1v) is 10.1. The van der Waals surface area contributed by atoms with Gasteiger partial charge in [0.15, 0.2) is 0 Å². The number of hydrogen-bond donors (Lipinski definition) is 2. The average molecular weight is 361 g/mol. The van der Waals surface area contributed by atoms with E-state index in [0.717, 1.165) is 37.9 Å². The number of thiol groups is 1. The molecule has 3 atom stereocenters. The maximum absolute atomic E-state index is 7.26. The summed E-state index contributed by atoms with van der Waals surface area (Å²) in [6, 6.07) is 0. The predicted octanol–water partition coefficient (Wildman–Crippen LogP) is 6.45. The molecule has 0 aromatic carbocycles. The molecule has 0 fully saturated rings. The zero-order chi connectivity index (χ0) is 18.9. The van der Waals surface area contributed by atoms with Crippen LogP contribution in [0.2, 0.25) is 0 Å². The Kier molecular flexibility index (Phi) is 9.48. The topological polar surface area (TPSA) is 36.2 Å². The summed E-state index contributed by atoms with van der Waals surface area (Å²) in [6.45, 7) is 13.4. The molecule has 0 amide bonds. The molecule has 0 aromatic rings. The van der Waals surface area contributed by atoms with Crippen molar-refractivity contribution >= 4 is 24.6 Å². The molecule has 1 aliphatic rings. The minimum Gasteiger partial charge on any atom is -0.313 e.